The van der Waals surface area contributed by atoms with Gasteiger partial charge in [-0.05, 0) is 29.5 Å². The van der Waals surface area contributed by atoms with E-state index in [1.54, 1.807) is 22.6 Å². The number of aromatic nitrogens is 1. The van der Waals surface area contributed by atoms with Crippen molar-refractivity contribution in [1.29, 1.82) is 5.26 Å². The van der Waals surface area contributed by atoms with Gasteiger partial charge in [0, 0.05) is 11.6 Å². The molecule has 3 nitrogen and oxygen atoms in total. The molecular weight excluding hydrogens is 336 g/mol. The molecule has 0 amide bonds. The Morgan fingerprint density at radius 3 is 2.69 bits per heavy atom. The highest BCUT2D eigenvalue weighted by Crippen LogP contribution is 2.28. The molecule has 0 unspecified atom stereocenters. The fraction of sp³-hybridized carbons (Fsp3) is 0.333. The molecule has 0 radical (unpaired) electrons. The zero-order valence-corrected chi connectivity index (χ0v) is 10.3. The summed E-state index contributed by atoms with van der Waals surface area (Å²) in [6.07, 6.45) is -4.78. The first-order chi connectivity index (χ1) is 7.33. The third-order valence-electron chi connectivity index (χ3n) is 1.77. The Bertz CT molecular complexity index is 440. The summed E-state index contributed by atoms with van der Waals surface area (Å²) in [7, 11) is 0. The third kappa shape index (κ3) is 3.52. The number of halogens is 4. The molecule has 1 rings (SSSR count). The molecule has 0 atom stereocenters. The predicted molar refractivity (Wildman–Crippen MR) is 57.7 cm³/mol. The zero-order chi connectivity index (χ0) is 12.3. The highest BCUT2D eigenvalue weighted by molar-refractivity contribution is 14.1. The summed E-state index contributed by atoms with van der Waals surface area (Å²) in [4.78, 5) is 3.97. The Balaban J connectivity index is 3.15. The fourth-order valence-corrected chi connectivity index (χ4v) is 1.66. The van der Waals surface area contributed by atoms with Crippen LogP contribution in [-0.4, -0.2) is 11.3 Å². The molecule has 0 saturated carbocycles. The van der Waals surface area contributed by atoms with E-state index < -0.39 is 6.36 Å². The molecule has 0 N–H and O–H groups in total. The van der Waals surface area contributed by atoms with E-state index in [1.807, 2.05) is 6.07 Å². The van der Waals surface area contributed by atoms with E-state index in [-0.39, 0.29) is 17.7 Å². The van der Waals surface area contributed by atoms with Gasteiger partial charge >= 0.3 is 6.36 Å². The Labute approximate surface area is 103 Å². The standard InChI is InChI=1S/C9H6F3IN2O/c1-5-6(2-3-14)15-8(13)4-7(5)16-9(10,11)12/h4H,2H2,1H3. The Hall–Kier alpha value is -1.04. The number of hydrogen-bond acceptors (Lipinski definition) is 3. The molecule has 0 saturated heterocycles. The maximum atomic E-state index is 12.1. The lowest BCUT2D eigenvalue weighted by molar-refractivity contribution is -0.274. The van der Waals surface area contributed by atoms with Gasteiger partial charge in [-0.25, -0.2) is 4.98 Å². The number of hydrogen-bond donors (Lipinski definition) is 0. The minimum absolute atomic E-state index is 0.0447. The van der Waals surface area contributed by atoms with Crippen LogP contribution < -0.4 is 4.74 Å². The lowest BCUT2D eigenvalue weighted by Gasteiger charge is -2.13. The monoisotopic (exact) mass is 342 g/mol. The summed E-state index contributed by atoms with van der Waals surface area (Å²) in [6.45, 7) is 1.44. The van der Waals surface area contributed by atoms with E-state index in [9.17, 15) is 13.2 Å². The summed E-state index contributed by atoms with van der Waals surface area (Å²) in [6, 6.07) is 3.02. The summed E-state index contributed by atoms with van der Waals surface area (Å²) in [5, 5.41) is 8.50. The zero-order valence-electron chi connectivity index (χ0n) is 8.10. The second-order valence-corrected chi connectivity index (χ2v) is 4.00. The van der Waals surface area contributed by atoms with Crippen molar-refractivity contribution in [2.75, 3.05) is 0 Å². The van der Waals surface area contributed by atoms with Crippen LogP contribution in [0, 0.1) is 22.0 Å². The lowest BCUT2D eigenvalue weighted by Crippen LogP contribution is -2.18. The maximum absolute atomic E-state index is 12.1. The van der Waals surface area contributed by atoms with Crippen LogP contribution in [0.3, 0.4) is 0 Å². The second-order valence-electron chi connectivity index (χ2n) is 2.90. The molecular formula is C9H6F3IN2O. The van der Waals surface area contributed by atoms with Crippen LogP contribution >= 0.6 is 22.6 Å². The number of ether oxygens (including phenoxy) is 1. The molecule has 0 aliphatic carbocycles. The van der Waals surface area contributed by atoms with Crippen LogP contribution in [0.4, 0.5) is 13.2 Å². The average Bonchev–Trinajstić information content (AvgIpc) is 2.11. The Morgan fingerprint density at radius 2 is 2.19 bits per heavy atom. The van der Waals surface area contributed by atoms with E-state index in [2.05, 4.69) is 9.72 Å². The van der Waals surface area contributed by atoms with Crippen molar-refractivity contribution in [2.24, 2.45) is 0 Å². The molecule has 0 aromatic carbocycles. The Kier molecular flexibility index (Phi) is 3.96. The highest BCUT2D eigenvalue weighted by atomic mass is 127. The lowest BCUT2D eigenvalue weighted by atomic mass is 10.1. The van der Waals surface area contributed by atoms with E-state index in [0.717, 1.165) is 0 Å². The number of nitriles is 1. The van der Waals surface area contributed by atoms with Gasteiger partial charge in [0.2, 0.25) is 0 Å². The van der Waals surface area contributed by atoms with Crippen molar-refractivity contribution in [1.82, 2.24) is 4.98 Å². The molecule has 1 aromatic rings. The molecule has 0 spiro atoms. The van der Waals surface area contributed by atoms with Crippen molar-refractivity contribution in [3.05, 3.63) is 21.0 Å². The molecule has 0 bridgehead atoms. The van der Waals surface area contributed by atoms with Gasteiger partial charge in [-0.1, -0.05) is 0 Å². The van der Waals surface area contributed by atoms with Crippen LogP contribution in [0.25, 0.3) is 0 Å². The van der Waals surface area contributed by atoms with Crippen molar-refractivity contribution < 1.29 is 17.9 Å². The van der Waals surface area contributed by atoms with Gasteiger partial charge in [0.15, 0.2) is 0 Å². The summed E-state index contributed by atoms with van der Waals surface area (Å²) < 4.78 is 40.4. The largest absolute Gasteiger partial charge is 0.573 e. The average molecular weight is 342 g/mol. The minimum atomic E-state index is -4.74. The summed E-state index contributed by atoms with van der Waals surface area (Å²) in [5.74, 6) is -0.308. The third-order valence-corrected chi connectivity index (χ3v) is 2.32. The van der Waals surface area contributed by atoms with Crippen LogP contribution in [0.2, 0.25) is 0 Å². The molecule has 0 aliphatic rings. The van der Waals surface area contributed by atoms with E-state index >= 15 is 0 Å². The SMILES string of the molecule is Cc1c(OC(F)(F)F)cc(I)nc1CC#N. The number of nitrogens with zero attached hydrogens (tertiary/aromatic N) is 2. The van der Waals surface area contributed by atoms with E-state index in [4.69, 9.17) is 5.26 Å². The van der Waals surface area contributed by atoms with Gasteiger partial charge in [-0.2, -0.15) is 5.26 Å². The fourth-order valence-electron chi connectivity index (χ4n) is 1.08. The Morgan fingerprint density at radius 1 is 1.56 bits per heavy atom. The van der Waals surface area contributed by atoms with Crippen LogP contribution in [0.5, 0.6) is 5.75 Å². The smallest absolute Gasteiger partial charge is 0.405 e. The topological polar surface area (TPSA) is 45.9 Å². The maximum Gasteiger partial charge on any atom is 0.573 e. The van der Waals surface area contributed by atoms with Crippen molar-refractivity contribution in [3.8, 4) is 11.8 Å². The summed E-state index contributed by atoms with van der Waals surface area (Å²) >= 11 is 1.77. The molecule has 1 aromatic heterocycles. The van der Waals surface area contributed by atoms with Gasteiger partial charge < -0.3 is 4.74 Å². The minimum Gasteiger partial charge on any atom is -0.405 e. The van der Waals surface area contributed by atoms with Crippen molar-refractivity contribution in [2.45, 2.75) is 19.7 Å². The number of rotatable bonds is 2. The van der Waals surface area contributed by atoms with E-state index in [0.29, 0.717) is 9.39 Å². The van der Waals surface area contributed by atoms with Crippen molar-refractivity contribution >= 4 is 22.6 Å². The molecule has 1 heterocycles. The van der Waals surface area contributed by atoms with Crippen LogP contribution in [-0.2, 0) is 6.42 Å². The van der Waals surface area contributed by atoms with Gasteiger partial charge in [-0.15, -0.1) is 13.2 Å². The normalized spacial score (nSPS) is 11.0. The van der Waals surface area contributed by atoms with Gasteiger partial charge in [0.1, 0.15) is 9.45 Å². The first-order valence-corrected chi connectivity index (χ1v) is 5.20. The second kappa shape index (κ2) is 4.86. The first-order valence-electron chi connectivity index (χ1n) is 4.12. The number of alkyl halides is 3. The van der Waals surface area contributed by atoms with Gasteiger partial charge in [-0.3, -0.25) is 0 Å². The van der Waals surface area contributed by atoms with Gasteiger partial charge in [0.25, 0.3) is 0 Å². The molecule has 16 heavy (non-hydrogen) atoms. The molecule has 7 heteroatoms. The highest BCUT2D eigenvalue weighted by Gasteiger charge is 2.32. The van der Waals surface area contributed by atoms with Crippen LogP contribution in [0.15, 0.2) is 6.07 Å². The summed E-state index contributed by atoms with van der Waals surface area (Å²) in [5.41, 5.74) is 0.535. The molecule has 0 aliphatic heterocycles. The number of pyridine rings is 1. The predicted octanol–water partition coefficient (Wildman–Crippen LogP) is 2.96. The van der Waals surface area contributed by atoms with Gasteiger partial charge in [0.05, 0.1) is 18.2 Å². The molecule has 86 valence electrons. The quantitative estimate of drug-likeness (QED) is 0.613. The van der Waals surface area contributed by atoms with Crippen molar-refractivity contribution in [3.63, 3.8) is 0 Å². The van der Waals surface area contributed by atoms with E-state index in [1.165, 1.54) is 13.0 Å². The first kappa shape index (κ1) is 13.0. The molecule has 0 fully saturated rings. The van der Waals surface area contributed by atoms with Crippen LogP contribution in [0.1, 0.15) is 11.3 Å².